The first-order chi connectivity index (χ1) is 13.1. The number of fused-ring (bicyclic) bond motifs is 1. The number of aromatic amines is 1. The molecule has 5 nitrogen and oxygen atoms in total. The number of rotatable bonds is 4. The molecule has 0 aliphatic heterocycles. The van der Waals surface area contributed by atoms with Crippen LogP contribution in [0.15, 0.2) is 59.4 Å². The average molecular weight is 378 g/mol. The Kier molecular flexibility index (Phi) is 4.43. The normalized spacial score (nSPS) is 11.0. The van der Waals surface area contributed by atoms with Gasteiger partial charge >= 0.3 is 0 Å². The van der Waals surface area contributed by atoms with Crippen molar-refractivity contribution in [1.29, 1.82) is 0 Å². The third kappa shape index (κ3) is 3.09. The van der Waals surface area contributed by atoms with E-state index in [0.717, 1.165) is 10.4 Å². The van der Waals surface area contributed by atoms with Crippen LogP contribution in [0.25, 0.3) is 21.3 Å². The van der Waals surface area contributed by atoms with Gasteiger partial charge in [0.1, 0.15) is 22.1 Å². The summed E-state index contributed by atoms with van der Waals surface area (Å²) in [6.45, 7) is 2.26. The van der Waals surface area contributed by atoms with E-state index >= 15 is 0 Å². The molecule has 0 spiro atoms. The van der Waals surface area contributed by atoms with Gasteiger partial charge in [-0.05, 0) is 42.3 Å². The predicted molar refractivity (Wildman–Crippen MR) is 109 cm³/mol. The number of hydrogen-bond acceptors (Lipinski definition) is 5. The van der Waals surface area contributed by atoms with Crippen molar-refractivity contribution in [3.63, 3.8) is 0 Å². The number of nitrogens with two attached hydrogens (primary N) is 1. The summed E-state index contributed by atoms with van der Waals surface area (Å²) in [6, 6.07) is 16.5. The summed E-state index contributed by atoms with van der Waals surface area (Å²) in [5.74, 6) is 1.26. The Hall–Kier alpha value is -3.09. The Bertz CT molecular complexity index is 1180. The second-order valence-corrected chi connectivity index (χ2v) is 7.28. The van der Waals surface area contributed by atoms with E-state index in [4.69, 9.17) is 10.5 Å². The zero-order valence-electron chi connectivity index (χ0n) is 14.7. The summed E-state index contributed by atoms with van der Waals surface area (Å²) < 4.78 is 5.84. The molecule has 0 unspecified atom stereocenters. The SMILES string of the molecule is Cc1c(CN)sc2[nH]c(=O)c(-c3cccc(Oc4ccccc4)c3)c(O)c12. The number of aromatic hydroxyl groups is 1. The maximum Gasteiger partial charge on any atom is 0.260 e. The van der Waals surface area contributed by atoms with Gasteiger partial charge in [0, 0.05) is 11.4 Å². The molecule has 2 aromatic carbocycles. The molecule has 0 saturated heterocycles. The third-order valence-corrected chi connectivity index (χ3v) is 5.69. The van der Waals surface area contributed by atoms with Crippen molar-refractivity contribution in [3.8, 4) is 28.4 Å². The van der Waals surface area contributed by atoms with Crippen LogP contribution >= 0.6 is 11.3 Å². The van der Waals surface area contributed by atoms with Crippen molar-refractivity contribution in [3.05, 3.63) is 75.4 Å². The average Bonchev–Trinajstić information content (AvgIpc) is 2.98. The topological polar surface area (TPSA) is 88.3 Å². The minimum atomic E-state index is -0.346. The van der Waals surface area contributed by atoms with E-state index in [1.165, 1.54) is 11.3 Å². The van der Waals surface area contributed by atoms with Crippen molar-refractivity contribution in [1.82, 2.24) is 4.98 Å². The summed E-state index contributed by atoms with van der Waals surface area (Å²) in [7, 11) is 0. The highest BCUT2D eigenvalue weighted by Gasteiger charge is 2.19. The highest BCUT2D eigenvalue weighted by molar-refractivity contribution is 7.18. The number of ether oxygens (including phenoxy) is 1. The molecule has 0 radical (unpaired) electrons. The van der Waals surface area contributed by atoms with E-state index < -0.39 is 0 Å². The first-order valence-corrected chi connectivity index (χ1v) is 9.30. The van der Waals surface area contributed by atoms with Gasteiger partial charge in [0.15, 0.2) is 0 Å². The van der Waals surface area contributed by atoms with Crippen LogP contribution in [-0.4, -0.2) is 10.1 Å². The number of pyridine rings is 1. The van der Waals surface area contributed by atoms with Gasteiger partial charge in [0.05, 0.1) is 10.9 Å². The largest absolute Gasteiger partial charge is 0.506 e. The van der Waals surface area contributed by atoms with Gasteiger partial charge in [-0.2, -0.15) is 0 Å². The molecule has 4 rings (SSSR count). The highest BCUT2D eigenvalue weighted by atomic mass is 32.1. The number of hydrogen-bond donors (Lipinski definition) is 3. The fourth-order valence-electron chi connectivity index (χ4n) is 3.13. The predicted octanol–water partition coefficient (Wildman–Crippen LogP) is 4.52. The maximum absolute atomic E-state index is 12.7. The first-order valence-electron chi connectivity index (χ1n) is 8.49. The Labute approximate surface area is 159 Å². The van der Waals surface area contributed by atoms with Crippen LogP contribution in [0.3, 0.4) is 0 Å². The molecule has 4 N–H and O–H groups in total. The van der Waals surface area contributed by atoms with Crippen molar-refractivity contribution >= 4 is 21.6 Å². The highest BCUT2D eigenvalue weighted by Crippen LogP contribution is 2.39. The van der Waals surface area contributed by atoms with Crippen molar-refractivity contribution in [2.75, 3.05) is 0 Å². The second kappa shape index (κ2) is 6.90. The molecule has 0 bridgehead atoms. The molecule has 0 amide bonds. The second-order valence-electron chi connectivity index (χ2n) is 6.18. The van der Waals surface area contributed by atoms with Gasteiger partial charge in [-0.15, -0.1) is 11.3 Å². The molecular formula is C21H18N2O3S. The fraction of sp³-hybridized carbons (Fsp3) is 0.0952. The van der Waals surface area contributed by atoms with Crippen LogP contribution in [0.1, 0.15) is 10.4 Å². The van der Waals surface area contributed by atoms with Crippen LogP contribution in [0.2, 0.25) is 0 Å². The summed E-state index contributed by atoms with van der Waals surface area (Å²) >= 11 is 1.40. The lowest BCUT2D eigenvalue weighted by atomic mass is 10.0. The van der Waals surface area contributed by atoms with Crippen molar-refractivity contribution in [2.24, 2.45) is 5.73 Å². The number of aromatic nitrogens is 1. The molecule has 0 aliphatic rings. The lowest BCUT2D eigenvalue weighted by Gasteiger charge is -2.09. The fourth-order valence-corrected chi connectivity index (χ4v) is 4.21. The molecule has 6 heteroatoms. The van der Waals surface area contributed by atoms with E-state index in [1.807, 2.05) is 43.3 Å². The number of thiophene rings is 1. The number of nitrogens with one attached hydrogen (secondary N) is 1. The van der Waals surface area contributed by atoms with Gasteiger partial charge in [-0.1, -0.05) is 30.3 Å². The monoisotopic (exact) mass is 378 g/mol. The number of H-pyrrole nitrogens is 1. The van der Waals surface area contributed by atoms with Crippen LogP contribution in [0.5, 0.6) is 17.2 Å². The van der Waals surface area contributed by atoms with Crippen LogP contribution in [-0.2, 0) is 6.54 Å². The molecule has 2 aromatic heterocycles. The van der Waals surface area contributed by atoms with Crippen molar-refractivity contribution in [2.45, 2.75) is 13.5 Å². The quantitative estimate of drug-likeness (QED) is 0.487. The van der Waals surface area contributed by atoms with Gasteiger partial charge in [0.25, 0.3) is 5.56 Å². The molecule has 0 atom stereocenters. The van der Waals surface area contributed by atoms with Crippen LogP contribution < -0.4 is 16.0 Å². The molecule has 27 heavy (non-hydrogen) atoms. The van der Waals surface area contributed by atoms with Crippen LogP contribution in [0.4, 0.5) is 0 Å². The molecule has 0 saturated carbocycles. The van der Waals surface area contributed by atoms with E-state index in [0.29, 0.717) is 33.8 Å². The van der Waals surface area contributed by atoms with E-state index in [1.54, 1.807) is 18.2 Å². The zero-order chi connectivity index (χ0) is 19.0. The van der Waals surface area contributed by atoms with Gasteiger partial charge in [-0.3, -0.25) is 4.79 Å². The number of para-hydroxylation sites is 1. The summed E-state index contributed by atoms with van der Waals surface area (Å²) in [5.41, 5.74) is 7.13. The van der Waals surface area contributed by atoms with Gasteiger partial charge in [0.2, 0.25) is 0 Å². The molecule has 0 aliphatic carbocycles. The molecule has 4 aromatic rings. The lowest BCUT2D eigenvalue weighted by Crippen LogP contribution is -2.08. The Morgan fingerprint density at radius 2 is 1.85 bits per heavy atom. The van der Waals surface area contributed by atoms with Gasteiger partial charge < -0.3 is 20.6 Å². The minimum absolute atomic E-state index is 0.0286. The molecule has 0 fully saturated rings. The van der Waals surface area contributed by atoms with Crippen LogP contribution in [0, 0.1) is 6.92 Å². The third-order valence-electron chi connectivity index (χ3n) is 4.46. The Balaban J connectivity index is 1.84. The summed E-state index contributed by atoms with van der Waals surface area (Å²) in [4.78, 5) is 17.1. The zero-order valence-corrected chi connectivity index (χ0v) is 15.5. The summed E-state index contributed by atoms with van der Waals surface area (Å²) in [6.07, 6.45) is 0. The molecular weight excluding hydrogens is 360 g/mol. The summed E-state index contributed by atoms with van der Waals surface area (Å²) in [5, 5.41) is 11.5. The standard InChI is InChI=1S/C21H18N2O3S/c1-12-16(11-22)27-21-17(12)19(24)18(20(25)23-21)13-6-5-9-15(10-13)26-14-7-3-2-4-8-14/h2-10H,11,22H2,1H3,(H2,23,24,25). The van der Waals surface area contributed by atoms with Crippen molar-refractivity contribution < 1.29 is 9.84 Å². The minimum Gasteiger partial charge on any atom is -0.506 e. The molecule has 136 valence electrons. The first kappa shape index (κ1) is 17.3. The van der Waals surface area contributed by atoms with Gasteiger partial charge in [-0.25, -0.2) is 0 Å². The van der Waals surface area contributed by atoms with E-state index in [-0.39, 0.29) is 16.9 Å². The lowest BCUT2D eigenvalue weighted by molar-refractivity contribution is 0.480. The number of benzene rings is 2. The van der Waals surface area contributed by atoms with E-state index in [9.17, 15) is 9.90 Å². The maximum atomic E-state index is 12.7. The molecule has 2 heterocycles. The Morgan fingerprint density at radius 3 is 2.59 bits per heavy atom. The smallest absolute Gasteiger partial charge is 0.260 e. The number of aryl methyl sites for hydroxylation is 1. The van der Waals surface area contributed by atoms with E-state index in [2.05, 4.69) is 4.98 Å². The Morgan fingerprint density at radius 1 is 1.11 bits per heavy atom.